The molecule has 0 aromatic carbocycles. The van der Waals surface area contributed by atoms with E-state index >= 15 is 0 Å². The zero-order valence-corrected chi connectivity index (χ0v) is 9.68. The lowest BCUT2D eigenvalue weighted by Gasteiger charge is -2.27. The largest absolute Gasteiger partial charge is 0.369 e. The van der Waals surface area contributed by atoms with E-state index in [-0.39, 0.29) is 0 Å². The van der Waals surface area contributed by atoms with Gasteiger partial charge in [-0.2, -0.15) is 0 Å². The van der Waals surface area contributed by atoms with E-state index in [1.165, 1.54) is 17.7 Å². The summed E-state index contributed by atoms with van der Waals surface area (Å²) < 4.78 is 5.90. The second-order valence-corrected chi connectivity index (χ2v) is 4.80. The smallest absolute Gasteiger partial charge is 0.0937 e. The van der Waals surface area contributed by atoms with E-state index in [0.29, 0.717) is 12.2 Å². The molecule has 72 valence electrons. The summed E-state index contributed by atoms with van der Waals surface area (Å²) in [5.41, 5.74) is 1.87. The van der Waals surface area contributed by atoms with Crippen LogP contribution in [0.2, 0.25) is 0 Å². The molecule has 2 unspecified atom stereocenters. The van der Waals surface area contributed by atoms with E-state index in [1.54, 1.807) is 11.3 Å². The van der Waals surface area contributed by atoms with Crippen LogP contribution in [0, 0.1) is 0 Å². The summed E-state index contributed by atoms with van der Waals surface area (Å²) in [7, 11) is 0. The normalized spacial score (nSPS) is 29.0. The van der Waals surface area contributed by atoms with Crippen molar-refractivity contribution in [2.75, 3.05) is 5.33 Å². The van der Waals surface area contributed by atoms with Crippen LogP contribution in [-0.2, 0) is 4.74 Å². The second kappa shape index (κ2) is 4.53. The van der Waals surface area contributed by atoms with Crippen molar-refractivity contribution in [2.45, 2.75) is 31.5 Å². The molecule has 1 aliphatic heterocycles. The number of aromatic nitrogens is 1. The van der Waals surface area contributed by atoms with Crippen LogP contribution < -0.4 is 0 Å². The fourth-order valence-corrected chi connectivity index (χ4v) is 2.77. The summed E-state index contributed by atoms with van der Waals surface area (Å²) in [6.45, 7) is 0. The van der Waals surface area contributed by atoms with Gasteiger partial charge in [0, 0.05) is 11.5 Å². The molecule has 13 heavy (non-hydrogen) atoms. The van der Waals surface area contributed by atoms with E-state index in [2.05, 4.69) is 20.9 Å². The molecule has 0 spiro atoms. The third-order valence-corrected chi connectivity index (χ3v) is 3.88. The van der Waals surface area contributed by atoms with Gasteiger partial charge in [-0.1, -0.05) is 15.9 Å². The Balaban J connectivity index is 2.00. The molecule has 1 saturated heterocycles. The summed E-state index contributed by atoms with van der Waals surface area (Å²) in [5.74, 6) is 0. The van der Waals surface area contributed by atoms with Gasteiger partial charge in [0.25, 0.3) is 0 Å². The highest BCUT2D eigenvalue weighted by molar-refractivity contribution is 9.09. The van der Waals surface area contributed by atoms with E-state index in [1.807, 2.05) is 11.7 Å². The summed E-state index contributed by atoms with van der Waals surface area (Å²) in [5, 5.41) is 0.947. The summed E-state index contributed by atoms with van der Waals surface area (Å²) >= 11 is 5.16. The molecule has 2 nitrogen and oxygen atoms in total. The van der Waals surface area contributed by atoms with Gasteiger partial charge in [-0.3, -0.25) is 4.98 Å². The average molecular weight is 262 g/mol. The van der Waals surface area contributed by atoms with Crippen LogP contribution in [0.4, 0.5) is 0 Å². The average Bonchev–Trinajstić information content (AvgIpc) is 2.71. The van der Waals surface area contributed by atoms with Gasteiger partial charge >= 0.3 is 0 Å². The molecular weight excluding hydrogens is 250 g/mol. The van der Waals surface area contributed by atoms with Crippen LogP contribution >= 0.6 is 27.3 Å². The molecule has 2 heterocycles. The van der Waals surface area contributed by atoms with Crippen molar-refractivity contribution in [1.29, 1.82) is 0 Å². The second-order valence-electron chi connectivity index (χ2n) is 3.24. The zero-order chi connectivity index (χ0) is 9.10. The standard InChI is InChI=1S/C9H12BrNOS/c10-4-7-2-1-3-8(12-7)9-5-11-6-13-9/h5-8H,1-4H2. The third-order valence-electron chi connectivity index (χ3n) is 2.29. The number of alkyl halides is 1. The van der Waals surface area contributed by atoms with Crippen molar-refractivity contribution in [1.82, 2.24) is 4.98 Å². The number of thiazole rings is 1. The summed E-state index contributed by atoms with van der Waals surface area (Å²) in [6.07, 6.45) is 6.20. The molecular formula is C9H12BrNOS. The number of ether oxygens (including phenoxy) is 1. The van der Waals surface area contributed by atoms with Crippen molar-refractivity contribution in [3.8, 4) is 0 Å². The van der Waals surface area contributed by atoms with Crippen LogP contribution in [0.25, 0.3) is 0 Å². The number of rotatable bonds is 2. The van der Waals surface area contributed by atoms with Crippen LogP contribution in [0.15, 0.2) is 11.7 Å². The van der Waals surface area contributed by atoms with Gasteiger partial charge in [-0.25, -0.2) is 0 Å². The molecule has 1 aromatic rings. The lowest BCUT2D eigenvalue weighted by Crippen LogP contribution is -2.22. The molecule has 0 bridgehead atoms. The Morgan fingerprint density at radius 1 is 1.62 bits per heavy atom. The molecule has 1 aliphatic rings. The van der Waals surface area contributed by atoms with Gasteiger partial charge in [0.1, 0.15) is 0 Å². The van der Waals surface area contributed by atoms with E-state index in [0.717, 1.165) is 11.8 Å². The van der Waals surface area contributed by atoms with Crippen LogP contribution in [0.1, 0.15) is 30.2 Å². The summed E-state index contributed by atoms with van der Waals surface area (Å²) in [4.78, 5) is 5.34. The Kier molecular flexibility index (Phi) is 3.35. The van der Waals surface area contributed by atoms with Crippen molar-refractivity contribution < 1.29 is 4.74 Å². The molecule has 0 radical (unpaired) electrons. The van der Waals surface area contributed by atoms with Gasteiger partial charge in [0.2, 0.25) is 0 Å². The minimum Gasteiger partial charge on any atom is -0.369 e. The van der Waals surface area contributed by atoms with Gasteiger partial charge in [0.05, 0.1) is 22.6 Å². The maximum absolute atomic E-state index is 5.90. The van der Waals surface area contributed by atoms with Gasteiger partial charge in [-0.15, -0.1) is 11.3 Å². The fourth-order valence-electron chi connectivity index (χ4n) is 1.61. The van der Waals surface area contributed by atoms with Crippen LogP contribution in [0.3, 0.4) is 0 Å². The lowest BCUT2D eigenvalue weighted by atomic mass is 10.0. The molecule has 0 aliphatic carbocycles. The molecule has 2 atom stereocenters. The molecule has 2 rings (SSSR count). The minimum absolute atomic E-state index is 0.295. The molecule has 0 amide bonds. The van der Waals surface area contributed by atoms with Gasteiger partial charge in [-0.05, 0) is 19.3 Å². The Hall–Kier alpha value is 0.0700. The molecule has 4 heteroatoms. The highest BCUT2D eigenvalue weighted by Crippen LogP contribution is 2.33. The maximum Gasteiger partial charge on any atom is 0.0937 e. The Labute approximate surface area is 90.5 Å². The predicted octanol–water partition coefficient (Wildman–Crippen LogP) is 3.15. The first-order chi connectivity index (χ1) is 6.40. The van der Waals surface area contributed by atoms with Crippen molar-refractivity contribution in [3.05, 3.63) is 16.6 Å². The number of hydrogen-bond acceptors (Lipinski definition) is 3. The lowest BCUT2D eigenvalue weighted by molar-refractivity contribution is -0.0366. The highest BCUT2D eigenvalue weighted by atomic mass is 79.9. The predicted molar refractivity (Wildman–Crippen MR) is 57.4 cm³/mol. The SMILES string of the molecule is BrCC1CCCC(c2cncs2)O1. The van der Waals surface area contributed by atoms with Gasteiger partial charge < -0.3 is 4.74 Å². The Morgan fingerprint density at radius 2 is 2.54 bits per heavy atom. The summed E-state index contributed by atoms with van der Waals surface area (Å²) in [6, 6.07) is 0. The van der Waals surface area contributed by atoms with Crippen LogP contribution in [0.5, 0.6) is 0 Å². The number of halogens is 1. The van der Waals surface area contributed by atoms with Crippen molar-refractivity contribution in [2.24, 2.45) is 0 Å². The number of hydrogen-bond donors (Lipinski definition) is 0. The van der Waals surface area contributed by atoms with E-state index in [9.17, 15) is 0 Å². The first-order valence-electron chi connectivity index (χ1n) is 4.50. The Morgan fingerprint density at radius 3 is 3.23 bits per heavy atom. The molecule has 1 fully saturated rings. The molecule has 0 saturated carbocycles. The zero-order valence-electron chi connectivity index (χ0n) is 7.28. The highest BCUT2D eigenvalue weighted by Gasteiger charge is 2.23. The fraction of sp³-hybridized carbons (Fsp3) is 0.667. The topological polar surface area (TPSA) is 22.1 Å². The van der Waals surface area contributed by atoms with Gasteiger partial charge in [0.15, 0.2) is 0 Å². The third kappa shape index (κ3) is 2.30. The first-order valence-corrected chi connectivity index (χ1v) is 6.50. The maximum atomic E-state index is 5.90. The van der Waals surface area contributed by atoms with E-state index < -0.39 is 0 Å². The van der Waals surface area contributed by atoms with E-state index in [4.69, 9.17) is 4.74 Å². The first kappa shape index (κ1) is 9.62. The monoisotopic (exact) mass is 261 g/mol. The molecule has 1 aromatic heterocycles. The van der Waals surface area contributed by atoms with Crippen molar-refractivity contribution in [3.63, 3.8) is 0 Å². The molecule has 0 N–H and O–H groups in total. The van der Waals surface area contributed by atoms with Crippen molar-refractivity contribution >= 4 is 27.3 Å². The minimum atomic E-state index is 0.295. The quantitative estimate of drug-likeness (QED) is 0.764. The Bertz CT molecular complexity index is 252. The number of nitrogens with zero attached hydrogens (tertiary/aromatic N) is 1. The van der Waals surface area contributed by atoms with Crippen LogP contribution in [-0.4, -0.2) is 16.4 Å².